The number of benzene rings is 1. The fraction of sp³-hybridized carbons (Fsp3) is 0.576. The van der Waals surface area contributed by atoms with Gasteiger partial charge in [0.1, 0.15) is 41.3 Å². The molecule has 3 aromatic rings. The third-order valence-electron chi connectivity index (χ3n) is 7.42. The molecular weight excluding hydrogens is 879 g/mol. The van der Waals surface area contributed by atoms with Crippen LogP contribution in [0.1, 0.15) is 45.7 Å². The monoisotopic (exact) mass is 930 g/mol. The summed E-state index contributed by atoms with van der Waals surface area (Å²) in [4.78, 5) is 30.5. The number of hydrogen-bond donors (Lipinski definition) is 3. The molecule has 4 atom stereocenters. The van der Waals surface area contributed by atoms with Gasteiger partial charge in [0.05, 0.1) is 44.5 Å². The minimum Gasteiger partial charge on any atom is -0.393 e. The summed E-state index contributed by atoms with van der Waals surface area (Å²) in [6, 6.07) is 9.25. The van der Waals surface area contributed by atoms with E-state index in [9.17, 15) is 27.1 Å². The van der Waals surface area contributed by atoms with Crippen LogP contribution in [-0.4, -0.2) is 107 Å². The molecule has 26 heteroatoms. The van der Waals surface area contributed by atoms with Crippen LogP contribution in [0, 0.1) is 6.92 Å². The Morgan fingerprint density at radius 1 is 0.763 bits per heavy atom. The van der Waals surface area contributed by atoms with Gasteiger partial charge in [-0.15, -0.1) is 23.5 Å². The molecule has 4 heterocycles. The third-order valence-corrected chi connectivity index (χ3v) is 14.6. The highest BCUT2D eigenvalue weighted by atomic mass is 32.2. The Labute approximate surface area is 350 Å². The number of nitrogen functional groups attached to an aromatic ring is 2. The van der Waals surface area contributed by atoms with E-state index >= 15 is 0 Å². The SMILES string of the molecule is CCOP(=O)(COCC1OC(n2ccc(N)nc2=O)CS1)OCC.CCOP(=O)(COS(=O)(=O)c1ccc(C)cc1)OCC.Nc1ccn(C2CSC(CO)O2)c(=O)n1. The van der Waals surface area contributed by atoms with Crippen molar-refractivity contribution in [1.82, 2.24) is 19.1 Å². The highest BCUT2D eigenvalue weighted by molar-refractivity contribution is 8.00. The number of aryl methyl sites for hydroxylation is 1. The Hall–Kier alpha value is -2.67. The average Bonchev–Trinajstić information content (AvgIpc) is 3.86. The van der Waals surface area contributed by atoms with E-state index in [0.29, 0.717) is 11.5 Å². The second-order valence-electron chi connectivity index (χ2n) is 11.9. The largest absolute Gasteiger partial charge is 0.393 e. The van der Waals surface area contributed by atoms with E-state index in [0.717, 1.165) is 5.56 Å². The molecule has 21 nitrogen and oxygen atoms in total. The summed E-state index contributed by atoms with van der Waals surface area (Å²) in [7, 11) is -10.8. The van der Waals surface area contributed by atoms with Crippen molar-refractivity contribution >= 4 is 60.5 Å². The van der Waals surface area contributed by atoms with Gasteiger partial charge in [0.15, 0.2) is 6.35 Å². The van der Waals surface area contributed by atoms with E-state index in [2.05, 4.69) is 9.97 Å². The van der Waals surface area contributed by atoms with Gasteiger partial charge in [0.25, 0.3) is 10.1 Å². The van der Waals surface area contributed by atoms with E-state index in [-0.39, 0.29) is 79.6 Å². The lowest BCUT2D eigenvalue weighted by Crippen LogP contribution is -2.28. The van der Waals surface area contributed by atoms with Gasteiger partial charge in [-0.2, -0.15) is 18.4 Å². The predicted octanol–water partition coefficient (Wildman–Crippen LogP) is 3.98. The molecule has 0 spiro atoms. The Morgan fingerprint density at radius 2 is 1.20 bits per heavy atom. The Balaban J connectivity index is 0.000000243. The Bertz CT molecular complexity index is 2060. The first-order valence-corrected chi connectivity index (χ1v) is 25.1. The molecule has 4 unspecified atom stereocenters. The normalized spacial score (nSPS) is 19.4. The molecule has 1 aromatic carbocycles. The van der Waals surface area contributed by atoms with Crippen LogP contribution in [0.3, 0.4) is 0 Å². The summed E-state index contributed by atoms with van der Waals surface area (Å²) in [5, 5.41) is 8.88. The zero-order chi connectivity index (χ0) is 43.6. The smallest absolute Gasteiger partial charge is 0.357 e. The lowest BCUT2D eigenvalue weighted by molar-refractivity contribution is -0.0203. The second kappa shape index (κ2) is 24.7. The average molecular weight is 931 g/mol. The van der Waals surface area contributed by atoms with Crippen molar-refractivity contribution in [2.45, 2.75) is 62.8 Å². The van der Waals surface area contributed by atoms with Gasteiger partial charge in [-0.3, -0.25) is 22.4 Å². The molecule has 0 radical (unpaired) electrons. The maximum absolute atomic E-state index is 12.3. The molecule has 0 aliphatic carbocycles. The van der Waals surface area contributed by atoms with Crippen LogP contribution in [0.5, 0.6) is 0 Å². The Kier molecular flexibility index (Phi) is 21.2. The van der Waals surface area contributed by atoms with Gasteiger partial charge in [-0.1, -0.05) is 17.7 Å². The number of rotatable bonds is 19. The maximum atomic E-state index is 12.3. The standard InChI is InChI=1S/C13H22N3O6PS.C12H19O6PS.C8H11N3O3S/c1-3-20-23(18,21-4-2)9-19-7-12-22-11(8-24-12)16-6-5-10(14)15-13(16)17;1-4-16-19(13,17-5-2)10-18-20(14,15)12-8-6-11(3)7-9-12;9-5-1-2-11(8(13)10-5)6-4-15-7(3-12)14-6/h5-6,11-12H,3-4,7-9H2,1-2H3,(H2,14,15,17);6-9H,4-5,10H2,1-3H3;1-2,6-7,12H,3-4H2,(H2,9,10,13). The summed E-state index contributed by atoms with van der Waals surface area (Å²) in [6.45, 7) is 9.61. The molecule has 0 saturated carbocycles. The molecule has 2 aliphatic rings. The number of aromatic nitrogens is 4. The first-order valence-electron chi connectivity index (χ1n) is 18.1. The van der Waals surface area contributed by atoms with Crippen LogP contribution >= 0.6 is 38.7 Å². The van der Waals surface area contributed by atoms with Gasteiger partial charge >= 0.3 is 26.6 Å². The van der Waals surface area contributed by atoms with E-state index in [4.69, 9.17) is 53.1 Å². The zero-order valence-corrected chi connectivity index (χ0v) is 37.5. The lowest BCUT2D eigenvalue weighted by Gasteiger charge is -2.18. The van der Waals surface area contributed by atoms with E-state index in [1.165, 1.54) is 44.8 Å². The molecule has 5 N–H and O–H groups in total. The maximum Gasteiger partial charge on any atom is 0.357 e. The van der Waals surface area contributed by atoms with Crippen molar-refractivity contribution in [3.63, 3.8) is 0 Å². The van der Waals surface area contributed by atoms with Crippen LogP contribution in [0.4, 0.5) is 11.6 Å². The summed E-state index contributed by atoms with van der Waals surface area (Å²) in [6.07, 6.45) is 1.53. The number of thioether (sulfide) groups is 2. The second-order valence-corrected chi connectivity index (χ2v) is 19.9. The van der Waals surface area contributed by atoms with Crippen molar-refractivity contribution in [3.05, 3.63) is 75.3 Å². The molecule has 5 rings (SSSR count). The molecule has 2 fully saturated rings. The van der Waals surface area contributed by atoms with Crippen molar-refractivity contribution < 1.29 is 59.1 Å². The van der Waals surface area contributed by atoms with E-state index < -0.39 is 49.3 Å². The number of nitrogens with zero attached hydrogens (tertiary/aromatic N) is 4. The summed E-state index contributed by atoms with van der Waals surface area (Å²) < 4.78 is 92.6. The molecular formula is C33H52N6O15P2S3. The molecule has 59 heavy (non-hydrogen) atoms. The number of anilines is 2. The third kappa shape index (κ3) is 16.6. The Morgan fingerprint density at radius 3 is 1.63 bits per heavy atom. The summed E-state index contributed by atoms with van der Waals surface area (Å²) in [5.74, 6) is 1.56. The number of nitrogens with two attached hydrogens (primary N) is 2. The fourth-order valence-corrected chi connectivity index (χ4v) is 10.8. The van der Waals surface area contributed by atoms with Crippen LogP contribution in [0.15, 0.2) is 63.3 Å². The van der Waals surface area contributed by atoms with Gasteiger partial charge in [-0.25, -0.2) is 9.59 Å². The number of ether oxygens (including phenoxy) is 3. The molecule has 332 valence electrons. The lowest BCUT2D eigenvalue weighted by atomic mass is 10.2. The van der Waals surface area contributed by atoms with Crippen molar-refractivity contribution in [3.8, 4) is 0 Å². The first-order chi connectivity index (χ1) is 28.0. The van der Waals surface area contributed by atoms with Crippen LogP contribution < -0.4 is 22.8 Å². The minimum absolute atomic E-state index is 0.00245. The topological polar surface area (TPSA) is 284 Å². The molecule has 0 bridgehead atoms. The van der Waals surface area contributed by atoms with E-state index in [1.54, 1.807) is 64.4 Å². The van der Waals surface area contributed by atoms with Crippen molar-refractivity contribution in [2.24, 2.45) is 0 Å². The van der Waals surface area contributed by atoms with Crippen molar-refractivity contribution in [1.29, 1.82) is 0 Å². The molecule has 2 saturated heterocycles. The van der Waals surface area contributed by atoms with Gasteiger partial charge in [0.2, 0.25) is 0 Å². The van der Waals surface area contributed by atoms with Crippen LogP contribution in [-0.2, 0) is 55.7 Å². The van der Waals surface area contributed by atoms with Gasteiger partial charge in [0, 0.05) is 23.9 Å². The summed E-state index contributed by atoms with van der Waals surface area (Å²) in [5.41, 5.74) is 10.3. The van der Waals surface area contributed by atoms with Crippen LogP contribution in [0.2, 0.25) is 0 Å². The molecule has 2 aromatic heterocycles. The quantitative estimate of drug-likeness (QED) is 0.113. The molecule has 2 aliphatic heterocycles. The van der Waals surface area contributed by atoms with Crippen LogP contribution in [0.25, 0.3) is 0 Å². The van der Waals surface area contributed by atoms with E-state index in [1.807, 2.05) is 6.92 Å². The number of aliphatic hydroxyl groups is 1. The van der Waals surface area contributed by atoms with Crippen molar-refractivity contribution in [2.75, 3.05) is 75.3 Å². The highest BCUT2D eigenvalue weighted by Crippen LogP contribution is 2.49. The van der Waals surface area contributed by atoms with Gasteiger partial charge < -0.3 is 48.9 Å². The number of aliphatic hydroxyl groups excluding tert-OH is 1. The summed E-state index contributed by atoms with van der Waals surface area (Å²) >= 11 is 2.97. The predicted molar refractivity (Wildman–Crippen MR) is 222 cm³/mol. The van der Waals surface area contributed by atoms with Gasteiger partial charge in [-0.05, 0) is 58.9 Å². The minimum atomic E-state index is -3.98. The molecule has 0 amide bonds. The number of hydrogen-bond acceptors (Lipinski definition) is 21. The first kappa shape index (κ1) is 50.7. The fourth-order valence-electron chi connectivity index (χ4n) is 4.83. The zero-order valence-electron chi connectivity index (χ0n) is 33.2. The highest BCUT2D eigenvalue weighted by Gasteiger charge is 2.31.